The van der Waals surface area contributed by atoms with Gasteiger partial charge in [-0.15, -0.1) is 6.42 Å². The molecule has 1 aromatic carbocycles. The van der Waals surface area contributed by atoms with Crippen molar-refractivity contribution in [3.8, 4) is 23.6 Å². The number of methoxy groups -OCH3 is 1. The molecule has 2 aliphatic rings. The van der Waals surface area contributed by atoms with E-state index in [1.54, 1.807) is 19.4 Å². The average molecular weight is 430 g/mol. The summed E-state index contributed by atoms with van der Waals surface area (Å²) in [6, 6.07) is 5.33. The van der Waals surface area contributed by atoms with Gasteiger partial charge in [0.15, 0.2) is 5.17 Å². The lowest BCUT2D eigenvalue weighted by molar-refractivity contribution is 0.184. The number of thioether (sulfide) groups is 1. The lowest BCUT2D eigenvalue weighted by Crippen LogP contribution is -2.37. The lowest BCUT2D eigenvalue weighted by Gasteiger charge is -2.34. The molecule has 150 valence electrons. The van der Waals surface area contributed by atoms with Crippen LogP contribution >= 0.6 is 23.4 Å². The third-order valence-corrected chi connectivity index (χ3v) is 7.47. The van der Waals surface area contributed by atoms with Gasteiger partial charge in [0.25, 0.3) is 0 Å². The van der Waals surface area contributed by atoms with Gasteiger partial charge in [-0.2, -0.15) is 0 Å². The number of fused-ring (bicyclic) bond motifs is 1. The highest BCUT2D eigenvalue weighted by Crippen LogP contribution is 2.66. The molecule has 7 heteroatoms. The third kappa shape index (κ3) is 3.04. The van der Waals surface area contributed by atoms with Crippen LogP contribution < -0.4 is 5.73 Å². The van der Waals surface area contributed by atoms with Crippen LogP contribution in [0.1, 0.15) is 30.0 Å². The zero-order chi connectivity index (χ0) is 21.0. The van der Waals surface area contributed by atoms with E-state index < -0.39 is 11.4 Å². The number of aromatic nitrogens is 1. The van der Waals surface area contributed by atoms with E-state index in [2.05, 4.69) is 15.9 Å². The van der Waals surface area contributed by atoms with Crippen LogP contribution in [0, 0.1) is 31.0 Å². The first-order chi connectivity index (χ1) is 13.8. The highest BCUT2D eigenvalue weighted by Gasteiger charge is 2.66. The number of hydrogen-bond acceptors (Lipinski definition) is 5. The van der Waals surface area contributed by atoms with Crippen LogP contribution in [-0.4, -0.2) is 28.6 Å². The molecule has 1 aliphatic heterocycles. The van der Waals surface area contributed by atoms with Gasteiger partial charge in [-0.1, -0.05) is 35.3 Å². The predicted molar refractivity (Wildman–Crippen MR) is 117 cm³/mol. The summed E-state index contributed by atoms with van der Waals surface area (Å²) in [5, 5.41) is 0.767. The summed E-state index contributed by atoms with van der Waals surface area (Å²) >= 11 is 8.16. The second-order valence-electron chi connectivity index (χ2n) is 7.74. The van der Waals surface area contributed by atoms with E-state index in [0.29, 0.717) is 33.6 Å². The minimum absolute atomic E-state index is 0.0749. The zero-order valence-electron chi connectivity index (χ0n) is 16.4. The van der Waals surface area contributed by atoms with Gasteiger partial charge in [-0.3, -0.25) is 9.98 Å². The van der Waals surface area contributed by atoms with Crippen LogP contribution in [0.25, 0.3) is 11.3 Å². The maximum Gasteiger partial charge on any atom is 0.155 e. The van der Waals surface area contributed by atoms with Crippen molar-refractivity contribution in [2.75, 3.05) is 13.7 Å². The molecule has 3 atom stereocenters. The molecule has 0 bridgehead atoms. The zero-order valence-corrected chi connectivity index (χ0v) is 18.0. The fourth-order valence-corrected chi connectivity index (χ4v) is 6.18. The van der Waals surface area contributed by atoms with E-state index in [4.69, 9.17) is 28.5 Å². The quantitative estimate of drug-likeness (QED) is 0.726. The van der Waals surface area contributed by atoms with E-state index in [1.807, 2.05) is 26.0 Å². The fraction of sp³-hybridized carbons (Fsp3) is 0.364. The number of rotatable bonds is 4. The van der Waals surface area contributed by atoms with Gasteiger partial charge in [-0.25, -0.2) is 4.39 Å². The molecule has 1 saturated carbocycles. The van der Waals surface area contributed by atoms with Crippen LogP contribution in [0.4, 0.5) is 4.39 Å². The summed E-state index contributed by atoms with van der Waals surface area (Å²) in [4.78, 5) is 9.03. The number of aliphatic imine (C=N–C) groups is 1. The molecule has 4 nitrogen and oxygen atoms in total. The van der Waals surface area contributed by atoms with Crippen molar-refractivity contribution < 1.29 is 9.13 Å². The SMILES string of the molecule is C#Cc1c(F)c([C@@]2(C)N=C(N)S[C@@]3(COC)CC32)cc(Cl)c1-c1ncccc1C. The molecule has 29 heavy (non-hydrogen) atoms. The molecular weight excluding hydrogens is 409 g/mol. The van der Waals surface area contributed by atoms with Crippen LogP contribution in [0.5, 0.6) is 0 Å². The predicted octanol–water partition coefficient (Wildman–Crippen LogP) is 4.51. The summed E-state index contributed by atoms with van der Waals surface area (Å²) in [5.74, 6) is 2.07. The highest BCUT2D eigenvalue weighted by molar-refractivity contribution is 8.15. The second-order valence-corrected chi connectivity index (χ2v) is 9.58. The molecule has 2 N–H and O–H groups in total. The minimum Gasteiger partial charge on any atom is -0.383 e. The van der Waals surface area contributed by atoms with Crippen molar-refractivity contribution in [2.24, 2.45) is 16.6 Å². The Hall–Kier alpha value is -2.07. The summed E-state index contributed by atoms with van der Waals surface area (Å²) in [6.07, 6.45) is 8.20. The maximum absolute atomic E-state index is 15.8. The second kappa shape index (κ2) is 7.02. The van der Waals surface area contributed by atoms with Crippen LogP contribution in [-0.2, 0) is 10.3 Å². The van der Waals surface area contributed by atoms with Crippen LogP contribution in [0.2, 0.25) is 5.02 Å². The number of nitrogens with zero attached hydrogens (tertiary/aromatic N) is 2. The van der Waals surface area contributed by atoms with Gasteiger partial charge in [0.1, 0.15) is 5.82 Å². The molecule has 2 heterocycles. The van der Waals surface area contributed by atoms with Gasteiger partial charge in [-0.05, 0) is 38.0 Å². The van der Waals surface area contributed by atoms with Gasteiger partial charge >= 0.3 is 0 Å². The first kappa shape index (κ1) is 20.2. The Labute approximate surface area is 179 Å². The summed E-state index contributed by atoms with van der Waals surface area (Å²) in [5.41, 5.74) is 7.58. The molecule has 4 rings (SSSR count). The Morgan fingerprint density at radius 3 is 2.93 bits per heavy atom. The number of terminal acetylenes is 1. The van der Waals surface area contributed by atoms with Gasteiger partial charge in [0.2, 0.25) is 0 Å². The molecule has 1 unspecified atom stereocenters. The monoisotopic (exact) mass is 429 g/mol. The molecule has 0 saturated heterocycles. The number of pyridine rings is 1. The van der Waals surface area contributed by atoms with E-state index in [9.17, 15) is 0 Å². The molecule has 1 fully saturated rings. The molecule has 1 aromatic heterocycles. The van der Waals surface area contributed by atoms with E-state index in [1.165, 1.54) is 11.8 Å². The minimum atomic E-state index is -0.870. The first-order valence-corrected chi connectivity index (χ1v) is 10.4. The van der Waals surface area contributed by atoms with Crippen LogP contribution in [0.15, 0.2) is 29.4 Å². The van der Waals surface area contributed by atoms with Gasteiger partial charge < -0.3 is 10.5 Å². The largest absolute Gasteiger partial charge is 0.383 e. The third-order valence-electron chi connectivity index (χ3n) is 5.89. The van der Waals surface area contributed by atoms with E-state index in [-0.39, 0.29) is 16.2 Å². The number of benzene rings is 1. The molecule has 2 aromatic rings. The van der Waals surface area contributed by atoms with E-state index >= 15 is 4.39 Å². The Morgan fingerprint density at radius 1 is 1.52 bits per heavy atom. The maximum atomic E-state index is 15.8. The van der Waals surface area contributed by atoms with Gasteiger partial charge in [0, 0.05) is 30.4 Å². The number of amidine groups is 1. The number of nitrogens with two attached hydrogens (primary N) is 1. The van der Waals surface area contributed by atoms with Crippen molar-refractivity contribution in [1.29, 1.82) is 0 Å². The Balaban J connectivity index is 1.91. The fourth-order valence-electron chi connectivity index (χ4n) is 4.44. The Kier molecular flexibility index (Phi) is 4.89. The normalized spacial score (nSPS) is 27.7. The lowest BCUT2D eigenvalue weighted by atomic mass is 9.83. The van der Waals surface area contributed by atoms with Crippen molar-refractivity contribution in [1.82, 2.24) is 4.98 Å². The van der Waals surface area contributed by atoms with Crippen molar-refractivity contribution in [3.63, 3.8) is 0 Å². The average Bonchev–Trinajstić information content (AvgIpc) is 3.38. The summed E-state index contributed by atoms with van der Waals surface area (Å²) in [6.45, 7) is 4.30. The number of hydrogen-bond donors (Lipinski definition) is 1. The van der Waals surface area contributed by atoms with E-state index in [0.717, 1.165) is 12.0 Å². The smallest absolute Gasteiger partial charge is 0.155 e. The number of ether oxygens (including phenoxy) is 1. The molecule has 1 aliphatic carbocycles. The molecular formula is C22H21ClFN3OS. The standard InChI is InChI=1S/C22H21ClFN3OS/c1-5-13-17(19-12(2)7-6-8-26-19)15(23)9-14(18(13)24)21(3)16-10-22(16,11-28-4)29-20(25)27-21/h1,6-9,16H,10-11H2,2-4H3,(H2,25,27)/t16?,21-,22-/m1/s1. The van der Waals surface area contributed by atoms with Gasteiger partial charge in [0.05, 0.1) is 33.2 Å². The van der Waals surface area contributed by atoms with Crippen molar-refractivity contribution in [3.05, 3.63) is 51.9 Å². The van der Waals surface area contributed by atoms with Crippen LogP contribution in [0.3, 0.4) is 0 Å². The van der Waals surface area contributed by atoms with Crippen molar-refractivity contribution >= 4 is 28.5 Å². The Bertz CT molecular complexity index is 1080. The summed E-state index contributed by atoms with van der Waals surface area (Å²) < 4.78 is 21.0. The topological polar surface area (TPSA) is 60.5 Å². The first-order valence-electron chi connectivity index (χ1n) is 9.21. The molecule has 0 spiro atoms. The Morgan fingerprint density at radius 2 is 2.28 bits per heavy atom. The number of halogens is 2. The molecule has 0 amide bonds. The van der Waals surface area contributed by atoms with Crippen molar-refractivity contribution in [2.45, 2.75) is 30.6 Å². The molecule has 0 radical (unpaired) electrons. The highest BCUT2D eigenvalue weighted by atomic mass is 35.5. The summed E-state index contributed by atoms with van der Waals surface area (Å²) in [7, 11) is 1.65. The number of aryl methyl sites for hydroxylation is 1.